The monoisotopic (exact) mass is 315 g/mol. The first-order valence-corrected chi connectivity index (χ1v) is 7.59. The molecule has 7 nitrogen and oxygen atoms in total. The molecule has 0 bridgehead atoms. The minimum absolute atomic E-state index is 0.0637. The van der Waals surface area contributed by atoms with Crippen LogP contribution in [0.25, 0.3) is 0 Å². The van der Waals surface area contributed by atoms with Crippen LogP contribution in [0.5, 0.6) is 0 Å². The number of ether oxygens (including phenoxy) is 1. The highest BCUT2D eigenvalue weighted by Gasteiger charge is 2.28. The number of esters is 1. The lowest BCUT2D eigenvalue weighted by Gasteiger charge is -2.20. The summed E-state index contributed by atoms with van der Waals surface area (Å²) >= 11 is 0. The fourth-order valence-corrected chi connectivity index (χ4v) is 3.48. The first-order valence-electron chi connectivity index (χ1n) is 6.15. The summed E-state index contributed by atoms with van der Waals surface area (Å²) in [5.74, 6) is -1.90. The zero-order chi connectivity index (χ0) is 16.2. The maximum Gasteiger partial charge on any atom is 0.335 e. The molecule has 0 aromatic heterocycles. The highest BCUT2D eigenvalue weighted by molar-refractivity contribution is 7.89. The molecule has 0 aliphatic heterocycles. The Balaban J connectivity index is 3.33. The summed E-state index contributed by atoms with van der Waals surface area (Å²) < 4.78 is 30.5. The van der Waals surface area contributed by atoms with E-state index in [-0.39, 0.29) is 22.6 Å². The molecule has 0 aliphatic carbocycles. The lowest BCUT2D eigenvalue weighted by molar-refractivity contribution is -0.140. The van der Waals surface area contributed by atoms with Gasteiger partial charge in [0.2, 0.25) is 10.0 Å². The topological polar surface area (TPSA) is 101 Å². The second-order valence-electron chi connectivity index (χ2n) is 4.24. The predicted octanol–water partition coefficient (Wildman–Crippen LogP) is 0.877. The van der Waals surface area contributed by atoms with Crippen molar-refractivity contribution < 1.29 is 27.9 Å². The highest BCUT2D eigenvalue weighted by atomic mass is 32.2. The minimum Gasteiger partial charge on any atom is -0.478 e. The van der Waals surface area contributed by atoms with Crippen LogP contribution in [-0.2, 0) is 19.6 Å². The van der Waals surface area contributed by atoms with Crippen molar-refractivity contribution in [2.24, 2.45) is 0 Å². The van der Waals surface area contributed by atoms with Crippen molar-refractivity contribution in [1.29, 1.82) is 0 Å². The Kier molecular flexibility index (Phi) is 5.45. The van der Waals surface area contributed by atoms with Crippen LogP contribution < -0.4 is 0 Å². The molecular weight excluding hydrogens is 298 g/mol. The number of methoxy groups -OCH3 is 1. The first-order chi connectivity index (χ1) is 9.75. The Morgan fingerprint density at radius 1 is 1.33 bits per heavy atom. The number of carbonyl (C=O) groups excluding carboxylic acids is 1. The number of carbonyl (C=O) groups is 2. The molecule has 0 saturated carbocycles. The smallest absolute Gasteiger partial charge is 0.335 e. The van der Waals surface area contributed by atoms with Gasteiger partial charge in [-0.1, -0.05) is 13.0 Å². The molecule has 0 heterocycles. The summed E-state index contributed by atoms with van der Waals surface area (Å²) in [4.78, 5) is 22.2. The number of hydrogen-bond acceptors (Lipinski definition) is 5. The van der Waals surface area contributed by atoms with Crippen LogP contribution in [-0.4, -0.2) is 50.0 Å². The first kappa shape index (κ1) is 17.1. The van der Waals surface area contributed by atoms with Crippen molar-refractivity contribution in [1.82, 2.24) is 4.31 Å². The van der Waals surface area contributed by atoms with E-state index in [0.29, 0.717) is 0 Å². The summed E-state index contributed by atoms with van der Waals surface area (Å²) in [5, 5.41) is 9.05. The molecule has 1 N–H and O–H groups in total. The normalized spacial score (nSPS) is 11.4. The lowest BCUT2D eigenvalue weighted by Crippen LogP contribution is -2.36. The van der Waals surface area contributed by atoms with E-state index in [0.717, 1.165) is 4.31 Å². The maximum atomic E-state index is 12.5. The fourth-order valence-electron chi connectivity index (χ4n) is 1.84. The number of nitrogens with zero attached hydrogens (tertiary/aromatic N) is 1. The van der Waals surface area contributed by atoms with E-state index in [9.17, 15) is 18.0 Å². The molecule has 8 heteroatoms. The molecule has 0 spiro atoms. The van der Waals surface area contributed by atoms with Gasteiger partial charge in [0, 0.05) is 6.54 Å². The number of benzene rings is 1. The molecule has 0 atom stereocenters. The Morgan fingerprint density at radius 2 is 1.95 bits per heavy atom. The number of carboxylic acids is 1. The van der Waals surface area contributed by atoms with Gasteiger partial charge in [0.15, 0.2) is 0 Å². The van der Waals surface area contributed by atoms with Crippen molar-refractivity contribution in [2.45, 2.75) is 18.7 Å². The van der Waals surface area contributed by atoms with Crippen LogP contribution >= 0.6 is 0 Å². The van der Waals surface area contributed by atoms with Gasteiger partial charge < -0.3 is 9.84 Å². The summed E-state index contributed by atoms with van der Waals surface area (Å²) in [6.07, 6.45) is 0. The van der Waals surface area contributed by atoms with E-state index in [1.807, 2.05) is 0 Å². The standard InChI is InChI=1S/C13H17NO6S/c1-4-14(8-12(15)20-3)21(18,19)11-7-5-6-10(9(11)2)13(16)17/h5-7H,4,8H2,1-3H3,(H,16,17). The predicted molar refractivity (Wildman–Crippen MR) is 74.6 cm³/mol. The van der Waals surface area contributed by atoms with E-state index in [1.54, 1.807) is 6.92 Å². The molecular formula is C13H17NO6S. The van der Waals surface area contributed by atoms with Crippen molar-refractivity contribution >= 4 is 22.0 Å². The molecule has 1 aromatic carbocycles. The summed E-state index contributed by atoms with van der Waals surface area (Å²) in [7, 11) is -2.81. The largest absolute Gasteiger partial charge is 0.478 e. The van der Waals surface area contributed by atoms with Crippen molar-refractivity contribution in [2.75, 3.05) is 20.2 Å². The highest BCUT2D eigenvalue weighted by Crippen LogP contribution is 2.22. The average Bonchev–Trinajstić information content (AvgIpc) is 2.43. The molecule has 0 saturated heterocycles. The van der Waals surface area contributed by atoms with Gasteiger partial charge in [-0.2, -0.15) is 4.31 Å². The molecule has 1 aromatic rings. The quantitative estimate of drug-likeness (QED) is 0.782. The molecule has 0 fully saturated rings. The molecule has 0 unspecified atom stereocenters. The zero-order valence-electron chi connectivity index (χ0n) is 12.0. The third kappa shape index (κ3) is 3.59. The number of sulfonamides is 1. The third-order valence-electron chi connectivity index (χ3n) is 3.02. The molecule has 0 radical (unpaired) electrons. The number of rotatable bonds is 6. The van der Waals surface area contributed by atoms with Crippen molar-refractivity contribution in [3.63, 3.8) is 0 Å². The number of aromatic carboxylic acids is 1. The van der Waals surface area contributed by atoms with Crippen molar-refractivity contribution in [3.8, 4) is 0 Å². The van der Waals surface area contributed by atoms with Gasteiger partial charge in [-0.3, -0.25) is 4.79 Å². The Bertz CT molecular complexity index is 653. The van der Waals surface area contributed by atoms with Gasteiger partial charge in [0.1, 0.15) is 6.54 Å². The van der Waals surface area contributed by atoms with Crippen molar-refractivity contribution in [3.05, 3.63) is 29.3 Å². The third-order valence-corrected chi connectivity index (χ3v) is 5.08. The molecule has 116 valence electrons. The van der Waals surface area contributed by atoms with E-state index in [1.165, 1.54) is 32.2 Å². The van der Waals surface area contributed by atoms with Crippen LogP contribution in [0.2, 0.25) is 0 Å². The molecule has 0 aliphatic rings. The van der Waals surface area contributed by atoms with Gasteiger partial charge in [-0.05, 0) is 24.6 Å². The van der Waals surface area contributed by atoms with Gasteiger partial charge in [-0.25, -0.2) is 13.2 Å². The average molecular weight is 315 g/mol. The zero-order valence-corrected chi connectivity index (χ0v) is 12.8. The van der Waals surface area contributed by atoms with Gasteiger partial charge in [0.25, 0.3) is 0 Å². The van der Waals surface area contributed by atoms with E-state index >= 15 is 0 Å². The number of hydrogen-bond donors (Lipinski definition) is 1. The van der Waals surface area contributed by atoms with Crippen LogP contribution in [0, 0.1) is 6.92 Å². The molecule has 0 amide bonds. The summed E-state index contributed by atoms with van der Waals surface area (Å²) in [5.41, 5.74) is 0.0403. The van der Waals surface area contributed by atoms with E-state index < -0.39 is 28.5 Å². The van der Waals surface area contributed by atoms with Crippen LogP contribution in [0.15, 0.2) is 23.1 Å². The van der Waals surface area contributed by atoms with Crippen LogP contribution in [0.1, 0.15) is 22.8 Å². The second kappa shape index (κ2) is 6.68. The molecule has 21 heavy (non-hydrogen) atoms. The number of likely N-dealkylation sites (N-methyl/N-ethyl adjacent to an activating group) is 1. The fraction of sp³-hybridized carbons (Fsp3) is 0.385. The molecule has 1 rings (SSSR count). The van der Waals surface area contributed by atoms with Crippen LogP contribution in [0.4, 0.5) is 0 Å². The Morgan fingerprint density at radius 3 is 2.43 bits per heavy atom. The Hall–Kier alpha value is -1.93. The SMILES string of the molecule is CCN(CC(=O)OC)S(=O)(=O)c1cccc(C(=O)O)c1C. The van der Waals surface area contributed by atoms with Gasteiger partial charge >= 0.3 is 11.9 Å². The van der Waals surface area contributed by atoms with Gasteiger partial charge in [0.05, 0.1) is 17.6 Å². The second-order valence-corrected chi connectivity index (χ2v) is 6.15. The lowest BCUT2D eigenvalue weighted by atomic mass is 10.1. The summed E-state index contributed by atoms with van der Waals surface area (Å²) in [6, 6.07) is 4.00. The Labute approximate surface area is 123 Å². The van der Waals surface area contributed by atoms with E-state index in [2.05, 4.69) is 4.74 Å². The summed E-state index contributed by atoms with van der Waals surface area (Å²) in [6.45, 7) is 2.64. The minimum atomic E-state index is -3.97. The maximum absolute atomic E-state index is 12.5. The van der Waals surface area contributed by atoms with Gasteiger partial charge in [-0.15, -0.1) is 0 Å². The van der Waals surface area contributed by atoms with Crippen LogP contribution in [0.3, 0.4) is 0 Å². The number of carboxylic acid groups (broad SMARTS) is 1. The van der Waals surface area contributed by atoms with E-state index in [4.69, 9.17) is 5.11 Å².